The maximum atomic E-state index is 6.21. The molecule has 0 radical (unpaired) electrons. The lowest BCUT2D eigenvalue weighted by Crippen LogP contribution is -2.61. The van der Waals surface area contributed by atoms with E-state index >= 15 is 0 Å². The summed E-state index contributed by atoms with van der Waals surface area (Å²) in [6.45, 7) is 11.3. The average molecular weight is 273 g/mol. The van der Waals surface area contributed by atoms with Crippen molar-refractivity contribution in [3.63, 3.8) is 0 Å². The summed E-state index contributed by atoms with van der Waals surface area (Å²) in [5.41, 5.74) is 6.47. The van der Waals surface area contributed by atoms with E-state index in [0.29, 0.717) is 6.04 Å². The van der Waals surface area contributed by atoms with Gasteiger partial charge in [-0.3, -0.25) is 4.90 Å². The highest BCUT2D eigenvalue weighted by molar-refractivity contribution is 7.99. The Labute approximate surface area is 118 Å². The van der Waals surface area contributed by atoms with E-state index in [4.69, 9.17) is 5.73 Å². The smallest absolute Gasteiger partial charge is 0.0425 e. The Kier molecular flexibility index (Phi) is 7.04. The summed E-state index contributed by atoms with van der Waals surface area (Å²) in [6.07, 6.45) is 5.11. The van der Waals surface area contributed by atoms with Crippen LogP contribution >= 0.6 is 11.8 Å². The van der Waals surface area contributed by atoms with Gasteiger partial charge in [-0.1, -0.05) is 27.7 Å². The van der Waals surface area contributed by atoms with Gasteiger partial charge in [0.2, 0.25) is 0 Å². The van der Waals surface area contributed by atoms with Gasteiger partial charge < -0.3 is 5.73 Å². The summed E-state index contributed by atoms with van der Waals surface area (Å²) in [7, 11) is 0. The van der Waals surface area contributed by atoms with E-state index in [2.05, 4.69) is 44.4 Å². The first-order valence-corrected chi connectivity index (χ1v) is 8.79. The van der Waals surface area contributed by atoms with Gasteiger partial charge in [0.15, 0.2) is 0 Å². The van der Waals surface area contributed by atoms with Crippen molar-refractivity contribution in [1.29, 1.82) is 0 Å². The van der Waals surface area contributed by atoms with Gasteiger partial charge in [0.25, 0.3) is 0 Å². The van der Waals surface area contributed by atoms with Crippen LogP contribution in [0.15, 0.2) is 0 Å². The molecule has 0 aromatic heterocycles. The molecular formula is C15H32N2S. The third-order valence-corrected chi connectivity index (χ3v) is 5.55. The second-order valence-corrected chi connectivity index (χ2v) is 7.21. The van der Waals surface area contributed by atoms with Crippen molar-refractivity contribution in [2.45, 2.75) is 65.0 Å². The quantitative estimate of drug-likeness (QED) is 0.770. The number of thioether (sulfide) groups is 1. The van der Waals surface area contributed by atoms with Gasteiger partial charge >= 0.3 is 0 Å². The number of hydrogen-bond acceptors (Lipinski definition) is 3. The van der Waals surface area contributed by atoms with Crippen LogP contribution in [-0.4, -0.2) is 41.1 Å². The first-order valence-electron chi connectivity index (χ1n) is 7.64. The second kappa shape index (κ2) is 7.76. The molecule has 2 nitrogen and oxygen atoms in total. The van der Waals surface area contributed by atoms with E-state index in [1.807, 2.05) is 0 Å². The molecule has 18 heavy (non-hydrogen) atoms. The molecule has 1 atom stereocenters. The van der Waals surface area contributed by atoms with Gasteiger partial charge in [0.05, 0.1) is 0 Å². The summed E-state index contributed by atoms with van der Waals surface area (Å²) in [4.78, 5) is 2.77. The zero-order valence-corrected chi connectivity index (χ0v) is 13.6. The van der Waals surface area contributed by atoms with Gasteiger partial charge in [-0.05, 0) is 37.4 Å². The fraction of sp³-hybridized carbons (Fsp3) is 1.00. The van der Waals surface area contributed by atoms with Crippen LogP contribution in [0.2, 0.25) is 0 Å². The van der Waals surface area contributed by atoms with Crippen molar-refractivity contribution in [3.8, 4) is 0 Å². The third kappa shape index (κ3) is 3.88. The van der Waals surface area contributed by atoms with Crippen LogP contribution in [0.25, 0.3) is 0 Å². The molecule has 1 unspecified atom stereocenters. The van der Waals surface area contributed by atoms with Crippen LogP contribution in [0.1, 0.15) is 53.4 Å². The van der Waals surface area contributed by atoms with E-state index in [1.54, 1.807) is 0 Å². The Morgan fingerprint density at radius 3 is 2.33 bits per heavy atom. The van der Waals surface area contributed by atoms with Crippen LogP contribution in [-0.2, 0) is 0 Å². The molecule has 1 heterocycles. The zero-order chi connectivity index (χ0) is 13.6. The lowest BCUT2D eigenvalue weighted by Gasteiger charge is -2.50. The average Bonchev–Trinajstić information content (AvgIpc) is 2.39. The fourth-order valence-corrected chi connectivity index (χ4v) is 4.50. The van der Waals surface area contributed by atoms with E-state index in [-0.39, 0.29) is 5.54 Å². The van der Waals surface area contributed by atoms with Gasteiger partial charge in [-0.2, -0.15) is 11.8 Å². The second-order valence-electron chi connectivity index (χ2n) is 6.10. The molecule has 1 rings (SSSR count). The molecule has 0 spiro atoms. The van der Waals surface area contributed by atoms with Crippen molar-refractivity contribution in [1.82, 2.24) is 4.90 Å². The Morgan fingerprint density at radius 1 is 1.28 bits per heavy atom. The molecule has 1 saturated heterocycles. The SMILES string of the molecule is CCC(CC)N(CC(C)C)C1(CN)CCCSC1. The van der Waals surface area contributed by atoms with Crippen molar-refractivity contribution in [3.05, 3.63) is 0 Å². The monoisotopic (exact) mass is 272 g/mol. The van der Waals surface area contributed by atoms with Crippen LogP contribution in [0.4, 0.5) is 0 Å². The minimum atomic E-state index is 0.268. The van der Waals surface area contributed by atoms with Crippen LogP contribution < -0.4 is 5.73 Å². The third-order valence-electron chi connectivity index (χ3n) is 4.24. The molecule has 1 fully saturated rings. The summed E-state index contributed by atoms with van der Waals surface area (Å²) in [6, 6.07) is 0.703. The Hall–Kier alpha value is 0.270. The fourth-order valence-electron chi connectivity index (χ4n) is 3.20. The lowest BCUT2D eigenvalue weighted by atomic mass is 9.89. The van der Waals surface area contributed by atoms with E-state index in [9.17, 15) is 0 Å². The summed E-state index contributed by atoms with van der Waals surface area (Å²) in [5, 5.41) is 0. The number of hydrogen-bond donors (Lipinski definition) is 1. The molecule has 1 aliphatic heterocycles. The summed E-state index contributed by atoms with van der Waals surface area (Å²) >= 11 is 2.10. The Bertz CT molecular complexity index is 221. The molecule has 0 aliphatic carbocycles. The normalized spacial score (nSPS) is 25.3. The maximum absolute atomic E-state index is 6.21. The van der Waals surface area contributed by atoms with Crippen molar-refractivity contribution in [2.24, 2.45) is 11.7 Å². The summed E-state index contributed by atoms with van der Waals surface area (Å²) < 4.78 is 0. The number of nitrogens with zero attached hydrogens (tertiary/aromatic N) is 1. The van der Waals surface area contributed by atoms with Crippen molar-refractivity contribution < 1.29 is 0 Å². The molecular weight excluding hydrogens is 240 g/mol. The van der Waals surface area contributed by atoms with E-state index in [1.165, 1.54) is 43.7 Å². The largest absolute Gasteiger partial charge is 0.329 e. The predicted molar refractivity (Wildman–Crippen MR) is 84.3 cm³/mol. The molecule has 0 saturated carbocycles. The molecule has 0 amide bonds. The van der Waals surface area contributed by atoms with Crippen LogP contribution in [0.5, 0.6) is 0 Å². The van der Waals surface area contributed by atoms with Crippen LogP contribution in [0, 0.1) is 5.92 Å². The van der Waals surface area contributed by atoms with Crippen LogP contribution in [0.3, 0.4) is 0 Å². The molecule has 0 aromatic rings. The maximum Gasteiger partial charge on any atom is 0.0425 e. The van der Waals surface area contributed by atoms with Crippen molar-refractivity contribution >= 4 is 11.8 Å². The van der Waals surface area contributed by atoms with E-state index in [0.717, 1.165) is 12.5 Å². The standard InChI is InChI=1S/C15H32N2S/c1-5-14(6-2)17(10-13(3)4)15(11-16)8-7-9-18-12-15/h13-14H,5-12,16H2,1-4H3. The van der Waals surface area contributed by atoms with E-state index < -0.39 is 0 Å². The molecule has 3 heteroatoms. The molecule has 1 aliphatic rings. The Balaban J connectivity index is 2.89. The predicted octanol–water partition coefficient (Wildman–Crippen LogP) is 3.36. The van der Waals surface area contributed by atoms with Gasteiger partial charge in [-0.15, -0.1) is 0 Å². The molecule has 108 valence electrons. The van der Waals surface area contributed by atoms with Gasteiger partial charge in [0.1, 0.15) is 0 Å². The Morgan fingerprint density at radius 2 is 1.94 bits per heavy atom. The highest BCUT2D eigenvalue weighted by Gasteiger charge is 2.39. The first-order chi connectivity index (χ1) is 8.59. The van der Waals surface area contributed by atoms with Gasteiger partial charge in [0, 0.05) is 30.4 Å². The highest BCUT2D eigenvalue weighted by atomic mass is 32.2. The first kappa shape index (κ1) is 16.3. The minimum absolute atomic E-state index is 0.268. The topological polar surface area (TPSA) is 29.3 Å². The number of rotatable bonds is 7. The van der Waals surface area contributed by atoms with Crippen molar-refractivity contribution in [2.75, 3.05) is 24.6 Å². The number of nitrogens with two attached hydrogens (primary N) is 1. The highest BCUT2D eigenvalue weighted by Crippen LogP contribution is 2.34. The molecule has 0 bridgehead atoms. The van der Waals surface area contributed by atoms with Gasteiger partial charge in [-0.25, -0.2) is 0 Å². The zero-order valence-electron chi connectivity index (χ0n) is 12.7. The minimum Gasteiger partial charge on any atom is -0.329 e. The summed E-state index contributed by atoms with van der Waals surface area (Å²) in [5.74, 6) is 3.27. The lowest BCUT2D eigenvalue weighted by molar-refractivity contribution is 0.0391. The molecule has 0 aromatic carbocycles. The molecule has 2 N–H and O–H groups in total.